The molecule has 0 amide bonds. The Morgan fingerprint density at radius 2 is 1.53 bits per heavy atom. The molecule has 4 atom stereocenters. The van der Waals surface area contributed by atoms with Gasteiger partial charge in [-0.1, -0.05) is 0 Å². The molecule has 0 aliphatic carbocycles. The minimum absolute atomic E-state index is 0.0437. The van der Waals surface area contributed by atoms with Gasteiger partial charge in [-0.3, -0.25) is 9.59 Å². The third-order valence-corrected chi connectivity index (χ3v) is 3.95. The largest absolute Gasteiger partial charge is 0.480 e. The van der Waals surface area contributed by atoms with Crippen molar-refractivity contribution in [3.8, 4) is 0 Å². The molecule has 8 N–H and O–H groups in total. The van der Waals surface area contributed by atoms with Gasteiger partial charge in [-0.25, -0.2) is 0 Å². The average Bonchev–Trinajstić information content (AvgIpc) is 2.34. The lowest BCUT2D eigenvalue weighted by molar-refractivity contribution is -0.139. The Bertz CT molecular complexity index is 304. The molecule has 0 aromatic carbocycles. The van der Waals surface area contributed by atoms with Gasteiger partial charge in [-0.2, -0.15) is 11.8 Å². The Balaban J connectivity index is 4.09. The molecule has 112 valence electrons. The Morgan fingerprint density at radius 3 is 1.95 bits per heavy atom. The first kappa shape index (κ1) is 18.2. The zero-order valence-electron chi connectivity index (χ0n) is 11.0. The predicted molar refractivity (Wildman–Crippen MR) is 75.0 cm³/mol. The SMILES string of the molecule is CSC(CC(N)CCC(N)C(=O)O)CC(N)C(=O)O. The number of thioether (sulfide) groups is 1. The molecule has 0 spiro atoms. The van der Waals surface area contributed by atoms with Crippen molar-refractivity contribution in [2.75, 3.05) is 6.26 Å². The first-order valence-corrected chi connectivity index (χ1v) is 7.31. The van der Waals surface area contributed by atoms with Crippen LogP contribution in [0, 0.1) is 0 Å². The summed E-state index contributed by atoms with van der Waals surface area (Å²) in [5, 5.41) is 17.4. The second-order valence-electron chi connectivity index (χ2n) is 4.56. The summed E-state index contributed by atoms with van der Waals surface area (Å²) in [6, 6.07) is -2.00. The van der Waals surface area contributed by atoms with Crippen molar-refractivity contribution in [2.24, 2.45) is 17.2 Å². The molecule has 0 aromatic rings. The summed E-state index contributed by atoms with van der Waals surface area (Å²) in [6.07, 6.45) is 3.61. The van der Waals surface area contributed by atoms with E-state index >= 15 is 0 Å². The van der Waals surface area contributed by atoms with Crippen LogP contribution >= 0.6 is 11.8 Å². The van der Waals surface area contributed by atoms with Crippen LogP contribution in [0.2, 0.25) is 0 Å². The van der Waals surface area contributed by atoms with Crippen molar-refractivity contribution in [1.82, 2.24) is 0 Å². The molecule has 0 fully saturated rings. The highest BCUT2D eigenvalue weighted by Gasteiger charge is 2.21. The van der Waals surface area contributed by atoms with Crippen molar-refractivity contribution in [3.05, 3.63) is 0 Å². The highest BCUT2D eigenvalue weighted by atomic mass is 32.2. The molecular weight excluding hydrogens is 270 g/mol. The Morgan fingerprint density at radius 1 is 1.00 bits per heavy atom. The molecule has 7 nitrogen and oxygen atoms in total. The molecule has 0 aliphatic heterocycles. The standard InChI is InChI=1S/C11H23N3O4S/c1-19-7(5-9(14)11(17)18)4-6(12)2-3-8(13)10(15)16/h6-9H,2-5,12-14H2,1H3,(H,15,16)(H,17,18). The molecule has 19 heavy (non-hydrogen) atoms. The molecule has 4 unspecified atom stereocenters. The van der Waals surface area contributed by atoms with E-state index in [1.54, 1.807) is 0 Å². The van der Waals surface area contributed by atoms with Crippen molar-refractivity contribution >= 4 is 23.7 Å². The Kier molecular flexibility index (Phi) is 8.73. The van der Waals surface area contributed by atoms with E-state index < -0.39 is 24.0 Å². The molecule has 0 saturated heterocycles. The Labute approximate surface area is 116 Å². The number of carbonyl (C=O) groups is 2. The van der Waals surface area contributed by atoms with Crippen molar-refractivity contribution in [1.29, 1.82) is 0 Å². The van der Waals surface area contributed by atoms with E-state index in [-0.39, 0.29) is 11.3 Å². The van der Waals surface area contributed by atoms with Gasteiger partial charge in [0.05, 0.1) is 0 Å². The van der Waals surface area contributed by atoms with E-state index in [9.17, 15) is 9.59 Å². The van der Waals surface area contributed by atoms with Crippen LogP contribution in [0.3, 0.4) is 0 Å². The van der Waals surface area contributed by atoms with Gasteiger partial charge in [0.2, 0.25) is 0 Å². The van der Waals surface area contributed by atoms with Crippen molar-refractivity contribution in [2.45, 2.75) is 49.1 Å². The van der Waals surface area contributed by atoms with E-state index in [2.05, 4.69) is 0 Å². The maximum Gasteiger partial charge on any atom is 0.320 e. The van der Waals surface area contributed by atoms with E-state index in [4.69, 9.17) is 27.4 Å². The molecule has 0 bridgehead atoms. The normalized spacial score (nSPS) is 17.5. The van der Waals surface area contributed by atoms with Gasteiger partial charge < -0.3 is 27.4 Å². The lowest BCUT2D eigenvalue weighted by Crippen LogP contribution is -2.36. The number of hydrogen-bond acceptors (Lipinski definition) is 6. The maximum absolute atomic E-state index is 10.7. The lowest BCUT2D eigenvalue weighted by atomic mass is 10.0. The van der Waals surface area contributed by atoms with Gasteiger partial charge >= 0.3 is 11.9 Å². The number of carboxylic acid groups (broad SMARTS) is 2. The van der Waals surface area contributed by atoms with Gasteiger partial charge in [0.1, 0.15) is 12.1 Å². The molecule has 0 aromatic heterocycles. The van der Waals surface area contributed by atoms with Crippen LogP contribution in [0.25, 0.3) is 0 Å². The lowest BCUT2D eigenvalue weighted by Gasteiger charge is -2.21. The minimum atomic E-state index is -1.04. The number of carboxylic acids is 2. The van der Waals surface area contributed by atoms with Gasteiger partial charge in [0, 0.05) is 11.3 Å². The van der Waals surface area contributed by atoms with Crippen molar-refractivity contribution in [3.63, 3.8) is 0 Å². The van der Waals surface area contributed by atoms with E-state index in [1.165, 1.54) is 11.8 Å². The van der Waals surface area contributed by atoms with Crippen LogP contribution in [-0.2, 0) is 9.59 Å². The minimum Gasteiger partial charge on any atom is -0.480 e. The summed E-state index contributed by atoms with van der Waals surface area (Å²) >= 11 is 1.51. The van der Waals surface area contributed by atoms with Crippen LogP contribution in [0.5, 0.6) is 0 Å². The van der Waals surface area contributed by atoms with Gasteiger partial charge in [-0.05, 0) is 31.9 Å². The summed E-state index contributed by atoms with van der Waals surface area (Å²) in [6.45, 7) is 0. The number of hydrogen-bond donors (Lipinski definition) is 5. The van der Waals surface area contributed by atoms with Gasteiger partial charge in [-0.15, -0.1) is 0 Å². The van der Waals surface area contributed by atoms with Crippen LogP contribution in [-0.4, -0.2) is 51.8 Å². The van der Waals surface area contributed by atoms with Gasteiger partial charge in [0.15, 0.2) is 0 Å². The van der Waals surface area contributed by atoms with Gasteiger partial charge in [0.25, 0.3) is 0 Å². The summed E-state index contributed by atoms with van der Waals surface area (Å²) in [7, 11) is 0. The van der Waals surface area contributed by atoms with Crippen LogP contribution in [0.15, 0.2) is 0 Å². The summed E-state index contributed by atoms with van der Waals surface area (Å²) < 4.78 is 0. The highest BCUT2D eigenvalue weighted by Crippen LogP contribution is 2.19. The smallest absolute Gasteiger partial charge is 0.320 e. The quantitative estimate of drug-likeness (QED) is 0.359. The van der Waals surface area contributed by atoms with E-state index in [1.807, 2.05) is 6.26 Å². The van der Waals surface area contributed by atoms with E-state index in [0.29, 0.717) is 25.7 Å². The van der Waals surface area contributed by atoms with Crippen LogP contribution in [0.1, 0.15) is 25.7 Å². The fraction of sp³-hybridized carbons (Fsp3) is 0.818. The summed E-state index contributed by atoms with van der Waals surface area (Å²) in [5.41, 5.74) is 16.8. The monoisotopic (exact) mass is 293 g/mol. The molecule has 0 heterocycles. The first-order chi connectivity index (χ1) is 8.77. The maximum atomic E-state index is 10.7. The predicted octanol–water partition coefficient (Wildman–Crippen LogP) is -0.570. The third kappa shape index (κ3) is 8.04. The number of aliphatic carboxylic acids is 2. The second-order valence-corrected chi connectivity index (χ2v) is 5.69. The van der Waals surface area contributed by atoms with Crippen LogP contribution < -0.4 is 17.2 Å². The third-order valence-electron chi connectivity index (χ3n) is 2.90. The summed E-state index contributed by atoms with van der Waals surface area (Å²) in [4.78, 5) is 21.2. The Hall–Kier alpha value is -0.830. The van der Waals surface area contributed by atoms with Crippen molar-refractivity contribution < 1.29 is 19.8 Å². The molecule has 8 heteroatoms. The fourth-order valence-electron chi connectivity index (χ4n) is 1.65. The average molecular weight is 293 g/mol. The number of rotatable bonds is 10. The zero-order valence-corrected chi connectivity index (χ0v) is 11.8. The highest BCUT2D eigenvalue weighted by molar-refractivity contribution is 7.99. The molecule has 0 saturated carbocycles. The second kappa shape index (κ2) is 9.13. The molecular formula is C11H23N3O4S. The van der Waals surface area contributed by atoms with Crippen LogP contribution in [0.4, 0.5) is 0 Å². The molecule has 0 radical (unpaired) electrons. The first-order valence-electron chi connectivity index (χ1n) is 6.03. The zero-order chi connectivity index (χ0) is 15.0. The fourth-order valence-corrected chi connectivity index (χ4v) is 2.48. The topological polar surface area (TPSA) is 153 Å². The molecule has 0 rings (SSSR count). The summed E-state index contributed by atoms with van der Waals surface area (Å²) in [5.74, 6) is -2.07. The molecule has 0 aliphatic rings. The van der Waals surface area contributed by atoms with E-state index in [0.717, 1.165) is 0 Å². The number of nitrogens with two attached hydrogens (primary N) is 3.